The Kier molecular flexibility index (Phi) is 7.23. The van der Waals surface area contributed by atoms with Crippen molar-refractivity contribution < 1.29 is 14.4 Å². The zero-order valence-corrected chi connectivity index (χ0v) is 15.4. The first-order valence-electron chi connectivity index (χ1n) is 9.46. The highest BCUT2D eigenvalue weighted by molar-refractivity contribution is 5.80. The molecule has 2 aliphatic rings. The minimum Gasteiger partial charge on any atom is -0.356 e. The molecule has 0 bridgehead atoms. The summed E-state index contributed by atoms with van der Waals surface area (Å²) >= 11 is 0. The van der Waals surface area contributed by atoms with Crippen molar-refractivity contribution in [1.29, 1.82) is 0 Å². The average Bonchev–Trinajstić information content (AvgIpc) is 2.62. The predicted octanol–water partition coefficient (Wildman–Crippen LogP) is 0.483. The van der Waals surface area contributed by atoms with Crippen molar-refractivity contribution in [3.8, 4) is 0 Å². The van der Waals surface area contributed by atoms with E-state index in [1.165, 1.54) is 6.42 Å². The first-order chi connectivity index (χ1) is 12.0. The molecule has 3 N–H and O–H groups in total. The standard InChI is InChI=1S/C18H32N4O3/c1-15(23)21-9-11-22(12-10-21)17(25)5-8-20-16(24)13-18(14-19)6-3-2-4-7-18/h2-14,19H2,1H3,(H,20,24). The molecule has 1 saturated carbocycles. The Hall–Kier alpha value is -1.63. The van der Waals surface area contributed by atoms with E-state index in [4.69, 9.17) is 5.73 Å². The van der Waals surface area contributed by atoms with E-state index in [9.17, 15) is 14.4 Å². The molecule has 7 heteroatoms. The van der Waals surface area contributed by atoms with Gasteiger partial charge in [-0.1, -0.05) is 19.3 Å². The lowest BCUT2D eigenvalue weighted by molar-refractivity contribution is -0.138. The zero-order chi connectivity index (χ0) is 18.3. The Labute approximate surface area is 150 Å². The molecule has 1 aliphatic carbocycles. The summed E-state index contributed by atoms with van der Waals surface area (Å²) in [7, 11) is 0. The lowest BCUT2D eigenvalue weighted by Crippen LogP contribution is -2.50. The topological polar surface area (TPSA) is 95.7 Å². The molecule has 0 aromatic rings. The lowest BCUT2D eigenvalue weighted by Gasteiger charge is -2.35. The molecule has 7 nitrogen and oxygen atoms in total. The van der Waals surface area contributed by atoms with Gasteiger partial charge in [-0.3, -0.25) is 14.4 Å². The van der Waals surface area contributed by atoms with Gasteiger partial charge < -0.3 is 20.9 Å². The fourth-order valence-corrected chi connectivity index (χ4v) is 3.90. The maximum atomic E-state index is 12.2. The van der Waals surface area contributed by atoms with Crippen LogP contribution in [0.4, 0.5) is 0 Å². The van der Waals surface area contributed by atoms with Gasteiger partial charge >= 0.3 is 0 Å². The van der Waals surface area contributed by atoms with Gasteiger partial charge in [-0.25, -0.2) is 0 Å². The third-order valence-electron chi connectivity index (χ3n) is 5.62. The fraction of sp³-hybridized carbons (Fsp3) is 0.833. The highest BCUT2D eigenvalue weighted by Gasteiger charge is 2.32. The summed E-state index contributed by atoms with van der Waals surface area (Å²) in [5.41, 5.74) is 5.88. The normalized spacial score (nSPS) is 20.2. The number of amides is 3. The van der Waals surface area contributed by atoms with Crippen molar-refractivity contribution in [1.82, 2.24) is 15.1 Å². The zero-order valence-electron chi connectivity index (χ0n) is 15.4. The molecule has 1 aliphatic heterocycles. The minimum absolute atomic E-state index is 0.00143. The van der Waals surface area contributed by atoms with Gasteiger partial charge in [0.15, 0.2) is 0 Å². The fourth-order valence-electron chi connectivity index (χ4n) is 3.90. The quantitative estimate of drug-likeness (QED) is 0.727. The summed E-state index contributed by atoms with van der Waals surface area (Å²) < 4.78 is 0. The molecule has 25 heavy (non-hydrogen) atoms. The van der Waals surface area contributed by atoms with E-state index in [0.717, 1.165) is 25.7 Å². The lowest BCUT2D eigenvalue weighted by atomic mass is 9.71. The van der Waals surface area contributed by atoms with E-state index in [2.05, 4.69) is 5.32 Å². The Bertz CT molecular complexity index is 481. The van der Waals surface area contributed by atoms with Gasteiger partial charge in [-0.2, -0.15) is 0 Å². The van der Waals surface area contributed by atoms with Crippen LogP contribution in [0.5, 0.6) is 0 Å². The molecule has 0 unspecified atom stereocenters. The van der Waals surface area contributed by atoms with E-state index in [1.807, 2.05) is 0 Å². The monoisotopic (exact) mass is 352 g/mol. The first kappa shape index (κ1) is 19.7. The van der Waals surface area contributed by atoms with Crippen LogP contribution in [0.1, 0.15) is 51.9 Å². The smallest absolute Gasteiger partial charge is 0.224 e. The molecule has 2 rings (SSSR count). The second kappa shape index (κ2) is 9.17. The van der Waals surface area contributed by atoms with Crippen molar-refractivity contribution in [2.75, 3.05) is 39.3 Å². The number of carbonyl (C=O) groups excluding carboxylic acids is 3. The first-order valence-corrected chi connectivity index (χ1v) is 9.46. The molecule has 0 aromatic carbocycles. The van der Waals surface area contributed by atoms with Gasteiger partial charge in [0.05, 0.1) is 0 Å². The largest absolute Gasteiger partial charge is 0.356 e. The van der Waals surface area contributed by atoms with Crippen LogP contribution in [0.25, 0.3) is 0 Å². The van der Waals surface area contributed by atoms with Gasteiger partial charge in [0, 0.05) is 52.5 Å². The number of hydrogen-bond acceptors (Lipinski definition) is 4. The number of nitrogens with two attached hydrogens (primary N) is 1. The van der Waals surface area contributed by atoms with E-state index in [1.54, 1.807) is 16.7 Å². The molecular formula is C18H32N4O3. The van der Waals surface area contributed by atoms with Gasteiger partial charge in [0.25, 0.3) is 0 Å². The molecule has 2 fully saturated rings. The van der Waals surface area contributed by atoms with E-state index < -0.39 is 0 Å². The van der Waals surface area contributed by atoms with Crippen molar-refractivity contribution in [2.45, 2.75) is 51.9 Å². The van der Waals surface area contributed by atoms with Crippen LogP contribution >= 0.6 is 0 Å². The van der Waals surface area contributed by atoms with Gasteiger partial charge in [-0.05, 0) is 24.8 Å². The van der Waals surface area contributed by atoms with Gasteiger partial charge in [0.1, 0.15) is 0 Å². The molecule has 0 atom stereocenters. The molecule has 0 aromatic heterocycles. The van der Waals surface area contributed by atoms with Crippen molar-refractivity contribution in [2.24, 2.45) is 11.1 Å². The summed E-state index contributed by atoms with van der Waals surface area (Å²) in [6.45, 7) is 4.79. The maximum absolute atomic E-state index is 12.2. The van der Waals surface area contributed by atoms with Gasteiger partial charge in [0.2, 0.25) is 17.7 Å². The van der Waals surface area contributed by atoms with E-state index in [0.29, 0.717) is 52.1 Å². The molecule has 0 radical (unpaired) electrons. The SMILES string of the molecule is CC(=O)N1CCN(C(=O)CCNC(=O)CC2(CN)CCCCC2)CC1. The number of carbonyl (C=O) groups is 3. The van der Waals surface area contributed by atoms with E-state index in [-0.39, 0.29) is 23.1 Å². The van der Waals surface area contributed by atoms with Crippen molar-refractivity contribution in [3.63, 3.8) is 0 Å². The minimum atomic E-state index is -0.0463. The second-order valence-corrected chi connectivity index (χ2v) is 7.43. The molecule has 0 spiro atoms. The molecule has 1 heterocycles. The average molecular weight is 352 g/mol. The third kappa shape index (κ3) is 5.70. The van der Waals surface area contributed by atoms with Crippen molar-refractivity contribution >= 4 is 17.7 Å². The number of nitrogens with one attached hydrogen (secondary N) is 1. The Morgan fingerprint density at radius 3 is 2.16 bits per heavy atom. The maximum Gasteiger partial charge on any atom is 0.224 e. The van der Waals surface area contributed by atoms with Crippen LogP contribution in [0.2, 0.25) is 0 Å². The number of nitrogens with zero attached hydrogens (tertiary/aromatic N) is 2. The van der Waals surface area contributed by atoms with E-state index >= 15 is 0 Å². The summed E-state index contributed by atoms with van der Waals surface area (Å²) in [5.74, 6) is 0.0900. The second-order valence-electron chi connectivity index (χ2n) is 7.43. The highest BCUT2D eigenvalue weighted by Crippen LogP contribution is 2.38. The van der Waals surface area contributed by atoms with Crippen LogP contribution in [-0.2, 0) is 14.4 Å². The molecule has 1 saturated heterocycles. The van der Waals surface area contributed by atoms with Gasteiger partial charge in [-0.15, -0.1) is 0 Å². The number of hydrogen-bond donors (Lipinski definition) is 2. The van der Waals surface area contributed by atoms with Crippen LogP contribution < -0.4 is 11.1 Å². The number of rotatable bonds is 6. The number of piperazine rings is 1. The summed E-state index contributed by atoms with van der Waals surface area (Å²) in [6, 6.07) is 0. The Morgan fingerprint density at radius 2 is 1.60 bits per heavy atom. The summed E-state index contributed by atoms with van der Waals surface area (Å²) in [6.07, 6.45) is 6.35. The highest BCUT2D eigenvalue weighted by atomic mass is 16.2. The van der Waals surface area contributed by atoms with Crippen LogP contribution in [0, 0.1) is 5.41 Å². The molecular weight excluding hydrogens is 320 g/mol. The Morgan fingerprint density at radius 1 is 1.00 bits per heavy atom. The predicted molar refractivity (Wildman–Crippen MR) is 95.7 cm³/mol. The molecule has 3 amide bonds. The van der Waals surface area contributed by atoms with Crippen molar-refractivity contribution in [3.05, 3.63) is 0 Å². The summed E-state index contributed by atoms with van der Waals surface area (Å²) in [4.78, 5) is 39.3. The summed E-state index contributed by atoms with van der Waals surface area (Å²) in [5, 5.41) is 2.88. The Balaban J connectivity index is 1.67. The third-order valence-corrected chi connectivity index (χ3v) is 5.62. The van der Waals surface area contributed by atoms with Crippen LogP contribution in [0.15, 0.2) is 0 Å². The molecule has 142 valence electrons. The van der Waals surface area contributed by atoms with Crippen LogP contribution in [0.3, 0.4) is 0 Å². The van der Waals surface area contributed by atoms with Crippen LogP contribution in [-0.4, -0.2) is 66.8 Å².